The third-order valence-corrected chi connectivity index (χ3v) is 1.81. The highest BCUT2D eigenvalue weighted by atomic mass is 32.1. The second-order valence-corrected chi connectivity index (χ2v) is 3.43. The van der Waals surface area contributed by atoms with Gasteiger partial charge in [-0.3, -0.25) is 0 Å². The van der Waals surface area contributed by atoms with Gasteiger partial charge in [-0.1, -0.05) is 18.3 Å². The molecule has 76 valence electrons. The molecule has 0 aromatic heterocycles. The maximum absolute atomic E-state index is 5.35. The minimum absolute atomic E-state index is 0.231. The van der Waals surface area contributed by atoms with Crippen LogP contribution in [0.5, 0.6) is 11.5 Å². The summed E-state index contributed by atoms with van der Waals surface area (Å²) in [5.41, 5.74) is 6.44. The number of methoxy groups -OCH3 is 1. The number of hydrogen-bond donors (Lipinski definition) is 1. The lowest BCUT2D eigenvalue weighted by atomic mass is 10.2. The van der Waals surface area contributed by atoms with Gasteiger partial charge in [0.25, 0.3) is 0 Å². The van der Waals surface area contributed by atoms with Crippen molar-refractivity contribution >= 4 is 17.2 Å². The molecule has 0 unspecified atom stereocenters. The number of benzene rings is 1. The Morgan fingerprint density at radius 1 is 1.43 bits per heavy atom. The second kappa shape index (κ2) is 4.81. The molecule has 0 heterocycles. The van der Waals surface area contributed by atoms with Crippen LogP contribution in [-0.2, 0) is 0 Å². The van der Waals surface area contributed by atoms with Crippen LogP contribution in [0.2, 0.25) is 0 Å². The fourth-order valence-corrected chi connectivity index (χ4v) is 1.10. The number of thiocarbonyl (C=S) groups is 1. The molecule has 3 nitrogen and oxygen atoms in total. The van der Waals surface area contributed by atoms with E-state index in [0.717, 1.165) is 5.56 Å². The first kappa shape index (κ1) is 10.8. The largest absolute Gasteiger partial charge is 0.493 e. The van der Waals surface area contributed by atoms with Gasteiger partial charge < -0.3 is 15.2 Å². The summed E-state index contributed by atoms with van der Waals surface area (Å²) in [5.74, 6) is 1.35. The molecule has 14 heavy (non-hydrogen) atoms. The summed E-state index contributed by atoms with van der Waals surface area (Å²) in [6.45, 7) is 2.22. The van der Waals surface area contributed by atoms with Crippen LogP contribution in [0.25, 0.3) is 0 Å². The number of nitrogens with two attached hydrogens (primary N) is 1. The van der Waals surface area contributed by atoms with E-state index < -0.39 is 0 Å². The summed E-state index contributed by atoms with van der Waals surface area (Å²) in [7, 11) is 1.60. The molecule has 1 aromatic rings. The van der Waals surface area contributed by atoms with Gasteiger partial charge in [0.05, 0.1) is 7.11 Å². The van der Waals surface area contributed by atoms with Crippen LogP contribution < -0.4 is 15.2 Å². The SMILES string of the molecule is COc1cc(C)ccc1OCC(N)=S. The Morgan fingerprint density at radius 3 is 2.71 bits per heavy atom. The number of hydrogen-bond acceptors (Lipinski definition) is 3. The van der Waals surface area contributed by atoms with E-state index in [1.807, 2.05) is 25.1 Å². The predicted molar refractivity (Wildman–Crippen MR) is 60.0 cm³/mol. The fourth-order valence-electron chi connectivity index (χ4n) is 1.04. The Kier molecular flexibility index (Phi) is 3.71. The minimum atomic E-state index is 0.231. The first-order chi connectivity index (χ1) is 6.63. The monoisotopic (exact) mass is 211 g/mol. The van der Waals surface area contributed by atoms with E-state index in [1.54, 1.807) is 7.11 Å². The summed E-state index contributed by atoms with van der Waals surface area (Å²) in [4.78, 5) is 0.327. The molecule has 1 rings (SSSR count). The Bertz CT molecular complexity index is 339. The lowest BCUT2D eigenvalue weighted by Crippen LogP contribution is -2.18. The Balaban J connectivity index is 2.80. The normalized spacial score (nSPS) is 9.57. The van der Waals surface area contributed by atoms with E-state index in [-0.39, 0.29) is 6.61 Å². The van der Waals surface area contributed by atoms with E-state index >= 15 is 0 Å². The molecule has 0 aliphatic carbocycles. The molecule has 0 atom stereocenters. The van der Waals surface area contributed by atoms with Crippen molar-refractivity contribution in [3.05, 3.63) is 23.8 Å². The van der Waals surface area contributed by atoms with Gasteiger partial charge in [0.15, 0.2) is 11.5 Å². The first-order valence-corrected chi connectivity index (χ1v) is 4.60. The van der Waals surface area contributed by atoms with Crippen LogP contribution in [0, 0.1) is 6.92 Å². The highest BCUT2D eigenvalue weighted by Crippen LogP contribution is 2.27. The molecule has 0 saturated carbocycles. The lowest BCUT2D eigenvalue weighted by molar-refractivity contribution is 0.335. The van der Waals surface area contributed by atoms with Crippen molar-refractivity contribution in [2.24, 2.45) is 5.73 Å². The highest BCUT2D eigenvalue weighted by Gasteiger charge is 2.04. The van der Waals surface area contributed by atoms with E-state index in [4.69, 9.17) is 27.4 Å². The summed E-state index contributed by atoms with van der Waals surface area (Å²) in [6.07, 6.45) is 0. The van der Waals surface area contributed by atoms with Crippen molar-refractivity contribution in [3.63, 3.8) is 0 Å². The smallest absolute Gasteiger partial charge is 0.161 e. The Hall–Kier alpha value is -1.29. The molecule has 2 N–H and O–H groups in total. The summed E-state index contributed by atoms with van der Waals surface area (Å²) in [5, 5.41) is 0. The van der Waals surface area contributed by atoms with Gasteiger partial charge >= 0.3 is 0 Å². The molecule has 0 saturated heterocycles. The number of ether oxygens (including phenoxy) is 2. The van der Waals surface area contributed by atoms with Crippen LogP contribution in [0.4, 0.5) is 0 Å². The lowest BCUT2D eigenvalue weighted by Gasteiger charge is -2.10. The van der Waals surface area contributed by atoms with Crippen LogP contribution in [0.15, 0.2) is 18.2 Å². The van der Waals surface area contributed by atoms with Crippen LogP contribution in [0.3, 0.4) is 0 Å². The van der Waals surface area contributed by atoms with Crippen molar-refractivity contribution < 1.29 is 9.47 Å². The molecular weight excluding hydrogens is 198 g/mol. The molecule has 0 aliphatic heterocycles. The third-order valence-electron chi connectivity index (χ3n) is 1.69. The quantitative estimate of drug-likeness (QED) is 0.769. The molecule has 0 spiro atoms. The molecular formula is C10H13NO2S. The molecule has 0 bridgehead atoms. The zero-order valence-corrected chi connectivity index (χ0v) is 9.06. The summed E-state index contributed by atoms with van der Waals surface area (Å²) < 4.78 is 10.5. The maximum atomic E-state index is 5.35. The molecule has 0 radical (unpaired) electrons. The molecule has 0 aliphatic rings. The summed E-state index contributed by atoms with van der Waals surface area (Å²) in [6, 6.07) is 5.68. The Labute approximate surface area is 88.8 Å². The van der Waals surface area contributed by atoms with Crippen molar-refractivity contribution in [2.45, 2.75) is 6.92 Å². The zero-order valence-electron chi connectivity index (χ0n) is 8.24. The number of rotatable bonds is 4. The van der Waals surface area contributed by atoms with Crippen molar-refractivity contribution in [2.75, 3.05) is 13.7 Å². The molecule has 0 fully saturated rings. The average molecular weight is 211 g/mol. The van der Waals surface area contributed by atoms with Gasteiger partial charge in [-0.25, -0.2) is 0 Å². The predicted octanol–water partition coefficient (Wildman–Crippen LogP) is 1.67. The Morgan fingerprint density at radius 2 is 2.14 bits per heavy atom. The van der Waals surface area contributed by atoms with Gasteiger partial charge in [0.2, 0.25) is 0 Å². The zero-order chi connectivity index (χ0) is 10.6. The van der Waals surface area contributed by atoms with Gasteiger partial charge in [-0.05, 0) is 24.6 Å². The standard InChI is InChI=1S/C10H13NO2S/c1-7-3-4-8(9(5-7)12-2)13-6-10(11)14/h3-5H,6H2,1-2H3,(H2,11,14). The molecule has 1 aromatic carbocycles. The van der Waals surface area contributed by atoms with Gasteiger partial charge in [0, 0.05) is 0 Å². The molecule has 0 amide bonds. The van der Waals surface area contributed by atoms with Crippen LogP contribution in [-0.4, -0.2) is 18.7 Å². The van der Waals surface area contributed by atoms with E-state index in [9.17, 15) is 0 Å². The van der Waals surface area contributed by atoms with Crippen LogP contribution in [0.1, 0.15) is 5.56 Å². The van der Waals surface area contributed by atoms with Crippen LogP contribution >= 0.6 is 12.2 Å². The van der Waals surface area contributed by atoms with Gasteiger partial charge in [-0.2, -0.15) is 0 Å². The third kappa shape index (κ3) is 2.88. The van der Waals surface area contributed by atoms with Gasteiger partial charge in [-0.15, -0.1) is 0 Å². The highest BCUT2D eigenvalue weighted by molar-refractivity contribution is 7.80. The van der Waals surface area contributed by atoms with Crippen molar-refractivity contribution in [1.29, 1.82) is 0 Å². The fraction of sp³-hybridized carbons (Fsp3) is 0.300. The topological polar surface area (TPSA) is 44.5 Å². The molecule has 4 heteroatoms. The maximum Gasteiger partial charge on any atom is 0.161 e. The van der Waals surface area contributed by atoms with E-state index in [2.05, 4.69) is 0 Å². The van der Waals surface area contributed by atoms with E-state index in [1.165, 1.54) is 0 Å². The first-order valence-electron chi connectivity index (χ1n) is 4.19. The average Bonchev–Trinajstić information content (AvgIpc) is 2.15. The van der Waals surface area contributed by atoms with Gasteiger partial charge in [0.1, 0.15) is 11.6 Å². The number of aryl methyl sites for hydroxylation is 1. The second-order valence-electron chi connectivity index (χ2n) is 2.91. The van der Waals surface area contributed by atoms with Crippen molar-refractivity contribution in [1.82, 2.24) is 0 Å². The summed E-state index contributed by atoms with van der Waals surface area (Å²) >= 11 is 4.71. The van der Waals surface area contributed by atoms with Crippen molar-refractivity contribution in [3.8, 4) is 11.5 Å². The van der Waals surface area contributed by atoms with E-state index in [0.29, 0.717) is 16.5 Å². The minimum Gasteiger partial charge on any atom is -0.493 e.